The van der Waals surface area contributed by atoms with Crippen molar-refractivity contribution in [3.63, 3.8) is 0 Å². The molecule has 0 spiro atoms. The molecule has 3 aromatic rings. The van der Waals surface area contributed by atoms with Gasteiger partial charge < -0.3 is 28.2 Å². The van der Waals surface area contributed by atoms with Crippen LogP contribution < -0.4 is 9.47 Å². The summed E-state index contributed by atoms with van der Waals surface area (Å²) in [6, 6.07) is 17.8. The first-order valence-electron chi connectivity index (χ1n) is 15.1. The van der Waals surface area contributed by atoms with Gasteiger partial charge in [-0.15, -0.1) is 0 Å². The Kier molecular flexibility index (Phi) is 11.9. The first-order chi connectivity index (χ1) is 20.2. The van der Waals surface area contributed by atoms with Gasteiger partial charge in [-0.05, 0) is 78.7 Å². The first kappa shape index (κ1) is 34.6. The van der Waals surface area contributed by atoms with Crippen LogP contribution in [0.1, 0.15) is 81.8 Å². The van der Waals surface area contributed by atoms with Crippen LogP contribution in [0, 0.1) is 12.3 Å². The molecule has 0 saturated heterocycles. The monoisotopic (exact) mass is 608 g/mol. The van der Waals surface area contributed by atoms with Crippen LogP contribution in [-0.4, -0.2) is 33.7 Å². The maximum absolute atomic E-state index is 11.5. The summed E-state index contributed by atoms with van der Waals surface area (Å²) in [7, 11) is 1.39. The standard InChI is InChI=1S/C36H52O6Si/c1-26-22-32(42-33(26)25-41-43(9,10)35(2,3)4)34(37)36(5,6)21-20-29(40-24-27-14-12-11-13-15-27)17-16-28-23-30(38-7)18-19-31(28)39-8/h11-19,22-23,29,34,37H,20-21,24-25H2,1-10H3/b17-16+/t29-,34?/m1/s1. The van der Waals surface area contributed by atoms with Crippen LogP contribution in [0.15, 0.2) is 65.1 Å². The van der Waals surface area contributed by atoms with Gasteiger partial charge in [-0.2, -0.15) is 0 Å². The molecular formula is C36H52O6Si. The van der Waals surface area contributed by atoms with Crippen LogP contribution in [0.25, 0.3) is 6.08 Å². The van der Waals surface area contributed by atoms with Gasteiger partial charge in [-0.25, -0.2) is 0 Å². The fourth-order valence-corrected chi connectivity index (χ4v) is 5.44. The maximum atomic E-state index is 11.5. The zero-order chi connectivity index (χ0) is 31.8. The minimum Gasteiger partial charge on any atom is -0.497 e. The Morgan fingerprint density at radius 2 is 1.63 bits per heavy atom. The highest BCUT2D eigenvalue weighted by atomic mass is 28.4. The van der Waals surface area contributed by atoms with E-state index in [0.717, 1.165) is 33.9 Å². The lowest BCUT2D eigenvalue weighted by molar-refractivity contribution is 0.00516. The predicted molar refractivity (Wildman–Crippen MR) is 177 cm³/mol. The van der Waals surface area contributed by atoms with Gasteiger partial charge >= 0.3 is 0 Å². The minimum atomic E-state index is -1.92. The highest BCUT2D eigenvalue weighted by molar-refractivity contribution is 6.74. The van der Waals surface area contributed by atoms with E-state index in [0.29, 0.717) is 31.8 Å². The van der Waals surface area contributed by atoms with E-state index >= 15 is 0 Å². The lowest BCUT2D eigenvalue weighted by atomic mass is 9.80. The zero-order valence-corrected chi connectivity index (χ0v) is 28.8. The lowest BCUT2D eigenvalue weighted by Gasteiger charge is -2.35. The lowest BCUT2D eigenvalue weighted by Crippen LogP contribution is -2.40. The van der Waals surface area contributed by atoms with Gasteiger partial charge in [0.25, 0.3) is 0 Å². The number of methoxy groups -OCH3 is 2. The molecule has 1 heterocycles. The Labute approximate surface area is 260 Å². The third-order valence-electron chi connectivity index (χ3n) is 8.73. The summed E-state index contributed by atoms with van der Waals surface area (Å²) < 4.78 is 30.0. The van der Waals surface area contributed by atoms with E-state index in [-0.39, 0.29) is 11.1 Å². The molecule has 0 radical (unpaired) electrons. The smallest absolute Gasteiger partial charge is 0.192 e. The summed E-state index contributed by atoms with van der Waals surface area (Å²) in [6.07, 6.45) is 4.55. The first-order valence-corrected chi connectivity index (χ1v) is 18.0. The van der Waals surface area contributed by atoms with Crippen LogP contribution in [0.5, 0.6) is 11.5 Å². The van der Waals surface area contributed by atoms with Crippen molar-refractivity contribution in [3.8, 4) is 11.5 Å². The Morgan fingerprint density at radius 3 is 2.26 bits per heavy atom. The van der Waals surface area contributed by atoms with Gasteiger partial charge in [0.1, 0.15) is 29.1 Å². The topological polar surface area (TPSA) is 70.3 Å². The number of hydrogen-bond donors (Lipinski definition) is 1. The minimum absolute atomic E-state index is 0.114. The number of aliphatic hydroxyl groups is 1. The van der Waals surface area contributed by atoms with Crippen molar-refractivity contribution < 1.29 is 28.2 Å². The quantitative estimate of drug-likeness (QED) is 0.173. The predicted octanol–water partition coefficient (Wildman–Crippen LogP) is 9.27. The molecule has 0 fully saturated rings. The second-order valence-electron chi connectivity index (χ2n) is 13.5. The number of aryl methyl sites for hydroxylation is 1. The van der Waals surface area contributed by atoms with E-state index in [4.69, 9.17) is 23.1 Å². The number of furan rings is 1. The summed E-state index contributed by atoms with van der Waals surface area (Å²) in [6.45, 7) is 18.2. The molecule has 0 bridgehead atoms. The molecule has 3 rings (SSSR count). The van der Waals surface area contributed by atoms with E-state index in [9.17, 15) is 5.11 Å². The molecule has 2 aromatic carbocycles. The molecule has 0 aliphatic heterocycles. The number of rotatable bonds is 15. The molecule has 1 unspecified atom stereocenters. The Balaban J connectivity index is 1.74. The highest BCUT2D eigenvalue weighted by Crippen LogP contribution is 2.41. The van der Waals surface area contributed by atoms with Gasteiger partial charge in [0.2, 0.25) is 0 Å². The van der Waals surface area contributed by atoms with Crippen molar-refractivity contribution in [2.45, 2.75) is 97.9 Å². The average molecular weight is 609 g/mol. The molecule has 6 nitrogen and oxygen atoms in total. The van der Waals surface area contributed by atoms with Crippen molar-refractivity contribution in [2.24, 2.45) is 5.41 Å². The highest BCUT2D eigenvalue weighted by Gasteiger charge is 2.38. The van der Waals surface area contributed by atoms with Crippen molar-refractivity contribution >= 4 is 14.4 Å². The summed E-state index contributed by atoms with van der Waals surface area (Å²) in [5.41, 5.74) is 2.56. The van der Waals surface area contributed by atoms with Gasteiger partial charge in [-0.3, -0.25) is 0 Å². The van der Waals surface area contributed by atoms with Gasteiger partial charge in [-0.1, -0.05) is 77.1 Å². The number of aliphatic hydroxyl groups excluding tert-OH is 1. The van der Waals surface area contributed by atoms with Crippen molar-refractivity contribution in [1.82, 2.24) is 0 Å². The second-order valence-corrected chi connectivity index (χ2v) is 18.3. The Morgan fingerprint density at radius 1 is 0.930 bits per heavy atom. The molecule has 1 N–H and O–H groups in total. The molecule has 0 amide bonds. The molecule has 2 atom stereocenters. The SMILES string of the molecule is COc1ccc(OC)c(/C=C/[C@H](CCC(C)(C)C(O)c2cc(C)c(CO[Si](C)(C)C(C)(C)C)o2)OCc2ccccc2)c1. The van der Waals surface area contributed by atoms with Crippen LogP contribution in [0.4, 0.5) is 0 Å². The van der Waals surface area contributed by atoms with E-state index < -0.39 is 19.8 Å². The van der Waals surface area contributed by atoms with E-state index in [1.807, 2.05) is 55.5 Å². The Hall–Kier alpha value is -2.84. The normalized spacial score (nSPS) is 14.2. The molecule has 0 aliphatic rings. The summed E-state index contributed by atoms with van der Waals surface area (Å²) >= 11 is 0. The van der Waals surface area contributed by atoms with E-state index in [1.54, 1.807) is 14.2 Å². The molecular weight excluding hydrogens is 556 g/mol. The number of hydrogen-bond acceptors (Lipinski definition) is 6. The largest absolute Gasteiger partial charge is 0.497 e. The van der Waals surface area contributed by atoms with Crippen LogP contribution in [0.2, 0.25) is 18.1 Å². The summed E-state index contributed by atoms with van der Waals surface area (Å²) in [5.74, 6) is 2.88. The molecule has 1 aromatic heterocycles. The molecule has 43 heavy (non-hydrogen) atoms. The third-order valence-corrected chi connectivity index (χ3v) is 13.2. The summed E-state index contributed by atoms with van der Waals surface area (Å²) in [4.78, 5) is 0. The third kappa shape index (κ3) is 9.57. The van der Waals surface area contributed by atoms with Crippen molar-refractivity contribution in [1.29, 1.82) is 0 Å². The van der Waals surface area contributed by atoms with Gasteiger partial charge in [0.05, 0.1) is 33.5 Å². The summed E-state index contributed by atoms with van der Waals surface area (Å²) in [5, 5.41) is 11.6. The van der Waals surface area contributed by atoms with E-state index in [1.165, 1.54) is 0 Å². The maximum Gasteiger partial charge on any atom is 0.192 e. The van der Waals surface area contributed by atoms with Crippen molar-refractivity contribution in [3.05, 3.63) is 88.9 Å². The molecule has 0 saturated carbocycles. The Bertz CT molecular complexity index is 1320. The fraction of sp³-hybridized carbons (Fsp3) is 0.500. The fourth-order valence-electron chi connectivity index (χ4n) is 4.52. The second kappa shape index (κ2) is 14.8. The molecule has 236 valence electrons. The zero-order valence-electron chi connectivity index (χ0n) is 27.8. The number of ether oxygens (including phenoxy) is 3. The molecule has 7 heteroatoms. The average Bonchev–Trinajstić information content (AvgIpc) is 3.35. The number of benzene rings is 2. The molecule has 0 aliphatic carbocycles. The van der Waals surface area contributed by atoms with Gasteiger partial charge in [0, 0.05) is 5.56 Å². The van der Waals surface area contributed by atoms with Gasteiger partial charge in [0.15, 0.2) is 8.32 Å². The van der Waals surface area contributed by atoms with Crippen LogP contribution >= 0.6 is 0 Å². The van der Waals surface area contributed by atoms with E-state index in [2.05, 4.69) is 65.9 Å². The van der Waals surface area contributed by atoms with Crippen LogP contribution in [0.3, 0.4) is 0 Å². The van der Waals surface area contributed by atoms with Crippen LogP contribution in [-0.2, 0) is 22.4 Å². The van der Waals surface area contributed by atoms with Crippen molar-refractivity contribution in [2.75, 3.05) is 14.2 Å².